The third-order valence-electron chi connectivity index (χ3n) is 3.05. The molecule has 0 aromatic carbocycles. The molecule has 3 rings (SSSR count). The van der Waals surface area contributed by atoms with Crippen molar-refractivity contribution >= 4 is 22.3 Å². The van der Waals surface area contributed by atoms with Gasteiger partial charge >= 0.3 is 0 Å². The van der Waals surface area contributed by atoms with E-state index in [2.05, 4.69) is 20.6 Å². The maximum Gasteiger partial charge on any atom is 0.193 e. The van der Waals surface area contributed by atoms with Gasteiger partial charge in [0.1, 0.15) is 5.76 Å². The monoisotopic (exact) mass is 303 g/mol. The van der Waals surface area contributed by atoms with Gasteiger partial charge in [0.05, 0.1) is 18.5 Å². The Morgan fingerprint density at radius 3 is 3.19 bits per heavy atom. The van der Waals surface area contributed by atoms with Crippen molar-refractivity contribution in [1.29, 1.82) is 0 Å². The summed E-state index contributed by atoms with van der Waals surface area (Å²) in [5.74, 6) is 1.73. The number of aliphatic imine (C=N–C) groups is 1. The summed E-state index contributed by atoms with van der Waals surface area (Å²) in [6.07, 6.45) is 6.54. The van der Waals surface area contributed by atoms with Crippen LogP contribution in [0.3, 0.4) is 0 Å². The molecular formula is C14H17N5OS. The lowest BCUT2D eigenvalue weighted by molar-refractivity contribution is 0.507. The molecule has 0 aliphatic carbocycles. The van der Waals surface area contributed by atoms with Crippen LogP contribution in [0.4, 0.5) is 0 Å². The SMILES string of the molecule is CN=C(NCCc1ccco1)NCc1cn2ccsc2n1. The van der Waals surface area contributed by atoms with Gasteiger partial charge in [0, 0.05) is 37.8 Å². The molecule has 21 heavy (non-hydrogen) atoms. The van der Waals surface area contributed by atoms with E-state index in [0.717, 1.165) is 35.3 Å². The van der Waals surface area contributed by atoms with Crippen LogP contribution in [0.25, 0.3) is 4.96 Å². The van der Waals surface area contributed by atoms with Crippen molar-refractivity contribution in [1.82, 2.24) is 20.0 Å². The average Bonchev–Trinajstić information content (AvgIpc) is 3.18. The summed E-state index contributed by atoms with van der Waals surface area (Å²) >= 11 is 1.63. The van der Waals surface area contributed by atoms with E-state index in [1.807, 2.05) is 34.3 Å². The first-order valence-corrected chi connectivity index (χ1v) is 7.61. The number of guanidine groups is 1. The zero-order valence-electron chi connectivity index (χ0n) is 11.7. The molecule has 110 valence electrons. The Morgan fingerprint density at radius 2 is 2.43 bits per heavy atom. The van der Waals surface area contributed by atoms with E-state index in [-0.39, 0.29) is 0 Å². The van der Waals surface area contributed by atoms with Crippen LogP contribution in [0.5, 0.6) is 0 Å². The van der Waals surface area contributed by atoms with E-state index < -0.39 is 0 Å². The van der Waals surface area contributed by atoms with E-state index in [1.165, 1.54) is 0 Å². The number of hydrogen-bond donors (Lipinski definition) is 2. The van der Waals surface area contributed by atoms with Gasteiger partial charge in [-0.25, -0.2) is 4.98 Å². The van der Waals surface area contributed by atoms with Crippen molar-refractivity contribution in [2.45, 2.75) is 13.0 Å². The smallest absolute Gasteiger partial charge is 0.193 e. The Hall–Kier alpha value is -2.28. The number of hydrogen-bond acceptors (Lipinski definition) is 4. The summed E-state index contributed by atoms with van der Waals surface area (Å²) in [4.78, 5) is 9.72. The highest BCUT2D eigenvalue weighted by Gasteiger charge is 2.04. The van der Waals surface area contributed by atoms with Gasteiger partial charge in [-0.2, -0.15) is 0 Å². The van der Waals surface area contributed by atoms with Gasteiger partial charge in [-0.1, -0.05) is 0 Å². The van der Waals surface area contributed by atoms with Crippen molar-refractivity contribution in [3.63, 3.8) is 0 Å². The first-order chi connectivity index (χ1) is 10.3. The van der Waals surface area contributed by atoms with Crippen LogP contribution in [-0.2, 0) is 13.0 Å². The fraction of sp³-hybridized carbons (Fsp3) is 0.286. The largest absolute Gasteiger partial charge is 0.469 e. The highest BCUT2D eigenvalue weighted by atomic mass is 32.1. The highest BCUT2D eigenvalue weighted by Crippen LogP contribution is 2.10. The van der Waals surface area contributed by atoms with Crippen molar-refractivity contribution in [3.8, 4) is 0 Å². The van der Waals surface area contributed by atoms with E-state index >= 15 is 0 Å². The first-order valence-electron chi connectivity index (χ1n) is 6.73. The minimum atomic E-state index is 0.648. The third kappa shape index (κ3) is 3.43. The van der Waals surface area contributed by atoms with Crippen molar-refractivity contribution in [2.75, 3.05) is 13.6 Å². The topological polar surface area (TPSA) is 66.9 Å². The van der Waals surface area contributed by atoms with Gasteiger partial charge in [-0.3, -0.25) is 9.39 Å². The number of rotatable bonds is 5. The van der Waals surface area contributed by atoms with Crippen LogP contribution in [0.1, 0.15) is 11.5 Å². The molecule has 0 spiro atoms. The standard InChI is InChI=1S/C14H17N5OS/c1-15-13(16-5-4-12-3-2-7-20-12)17-9-11-10-19-6-8-21-14(19)18-11/h2-3,6-8,10H,4-5,9H2,1H3,(H2,15,16,17). The number of imidazole rings is 1. The zero-order valence-corrected chi connectivity index (χ0v) is 12.6. The molecule has 0 amide bonds. The maximum absolute atomic E-state index is 5.29. The summed E-state index contributed by atoms with van der Waals surface area (Å²) < 4.78 is 7.31. The van der Waals surface area contributed by atoms with Gasteiger partial charge < -0.3 is 15.1 Å². The lowest BCUT2D eigenvalue weighted by Gasteiger charge is -2.10. The van der Waals surface area contributed by atoms with Crippen molar-refractivity contribution in [2.24, 2.45) is 4.99 Å². The molecule has 0 saturated carbocycles. The second-order valence-corrected chi connectivity index (χ2v) is 5.38. The maximum atomic E-state index is 5.29. The Kier molecular flexibility index (Phi) is 4.20. The summed E-state index contributed by atoms with van der Waals surface area (Å²) in [6, 6.07) is 3.86. The van der Waals surface area contributed by atoms with Crippen molar-refractivity contribution < 1.29 is 4.42 Å². The minimum Gasteiger partial charge on any atom is -0.469 e. The Bertz CT molecular complexity index is 684. The fourth-order valence-electron chi connectivity index (χ4n) is 2.02. The van der Waals surface area contributed by atoms with Crippen LogP contribution in [0.2, 0.25) is 0 Å². The lowest BCUT2D eigenvalue weighted by Crippen LogP contribution is -2.37. The molecular weight excluding hydrogens is 286 g/mol. The average molecular weight is 303 g/mol. The summed E-state index contributed by atoms with van der Waals surface area (Å²) in [5, 5.41) is 8.53. The number of fused-ring (bicyclic) bond motifs is 1. The molecule has 3 aromatic rings. The van der Waals surface area contributed by atoms with Crippen molar-refractivity contribution in [3.05, 3.63) is 47.6 Å². The van der Waals surface area contributed by atoms with Gasteiger partial charge in [0.2, 0.25) is 0 Å². The van der Waals surface area contributed by atoms with Gasteiger partial charge in [0.15, 0.2) is 10.9 Å². The number of thiazole rings is 1. The first kappa shape index (κ1) is 13.7. The molecule has 0 saturated heterocycles. The van der Waals surface area contributed by atoms with Crippen LogP contribution >= 0.6 is 11.3 Å². The second kappa shape index (κ2) is 6.45. The fourth-order valence-corrected chi connectivity index (χ4v) is 2.73. The van der Waals surface area contributed by atoms with Crippen LogP contribution in [-0.4, -0.2) is 28.9 Å². The molecule has 0 unspecified atom stereocenters. The van der Waals surface area contributed by atoms with Gasteiger partial charge in [0.25, 0.3) is 0 Å². The van der Waals surface area contributed by atoms with Crippen LogP contribution < -0.4 is 10.6 Å². The summed E-state index contributed by atoms with van der Waals surface area (Å²) in [7, 11) is 1.76. The van der Waals surface area contributed by atoms with E-state index in [1.54, 1.807) is 24.6 Å². The number of nitrogens with one attached hydrogen (secondary N) is 2. The van der Waals surface area contributed by atoms with Crippen LogP contribution in [0, 0.1) is 0 Å². The minimum absolute atomic E-state index is 0.648. The lowest BCUT2D eigenvalue weighted by atomic mass is 10.3. The number of aromatic nitrogens is 2. The quantitative estimate of drug-likeness (QED) is 0.558. The Labute approximate surface area is 126 Å². The molecule has 0 aliphatic heterocycles. The third-order valence-corrected chi connectivity index (χ3v) is 3.82. The second-order valence-electron chi connectivity index (χ2n) is 4.51. The van der Waals surface area contributed by atoms with Crippen LogP contribution in [0.15, 0.2) is 45.6 Å². The molecule has 0 atom stereocenters. The molecule has 3 heterocycles. The molecule has 2 N–H and O–H groups in total. The Morgan fingerprint density at radius 1 is 1.48 bits per heavy atom. The highest BCUT2D eigenvalue weighted by molar-refractivity contribution is 7.15. The van der Waals surface area contributed by atoms with E-state index in [9.17, 15) is 0 Å². The molecule has 7 heteroatoms. The van der Waals surface area contributed by atoms with E-state index in [4.69, 9.17) is 4.42 Å². The molecule has 6 nitrogen and oxygen atoms in total. The molecule has 0 aliphatic rings. The van der Waals surface area contributed by atoms with Gasteiger partial charge in [-0.15, -0.1) is 11.3 Å². The number of nitrogens with zero attached hydrogens (tertiary/aromatic N) is 3. The molecule has 0 fully saturated rings. The Balaban J connectivity index is 1.47. The molecule has 0 bridgehead atoms. The summed E-state index contributed by atoms with van der Waals surface area (Å²) in [5.41, 5.74) is 0.996. The predicted molar refractivity (Wildman–Crippen MR) is 83.7 cm³/mol. The predicted octanol–water partition coefficient (Wildman–Crippen LogP) is 1.90. The zero-order chi connectivity index (χ0) is 14.5. The van der Waals surface area contributed by atoms with E-state index in [0.29, 0.717) is 6.54 Å². The normalized spacial score (nSPS) is 12.0. The summed E-state index contributed by atoms with van der Waals surface area (Å²) in [6.45, 7) is 1.42. The number of furan rings is 1. The van der Waals surface area contributed by atoms with Gasteiger partial charge in [-0.05, 0) is 12.1 Å². The molecule has 0 radical (unpaired) electrons. The molecule has 3 aromatic heterocycles.